The molecule has 158 valence electrons. The van der Waals surface area contributed by atoms with Gasteiger partial charge in [-0.25, -0.2) is 4.98 Å². The number of nitrogens with one attached hydrogen (secondary N) is 1. The first-order chi connectivity index (χ1) is 14.0. The normalized spacial score (nSPS) is 22.6. The summed E-state index contributed by atoms with van der Waals surface area (Å²) in [5.41, 5.74) is 1.30. The van der Waals surface area contributed by atoms with Gasteiger partial charge < -0.3 is 5.32 Å². The minimum atomic E-state index is -0.275. The molecule has 0 saturated heterocycles. The van der Waals surface area contributed by atoms with Crippen LogP contribution >= 0.6 is 23.1 Å². The molecule has 1 fully saturated rings. The smallest absolute Gasteiger partial charge is 0.263 e. The molecule has 2 aliphatic rings. The van der Waals surface area contributed by atoms with Gasteiger partial charge in [0.2, 0.25) is 5.91 Å². The van der Waals surface area contributed by atoms with Crippen molar-refractivity contribution in [1.82, 2.24) is 14.9 Å². The molecule has 1 N–H and O–H groups in total. The van der Waals surface area contributed by atoms with E-state index >= 15 is 0 Å². The molecule has 2 aromatic rings. The zero-order valence-electron chi connectivity index (χ0n) is 17.6. The van der Waals surface area contributed by atoms with Crippen molar-refractivity contribution in [3.63, 3.8) is 0 Å². The molecule has 4 rings (SSSR count). The summed E-state index contributed by atoms with van der Waals surface area (Å²) in [4.78, 5) is 33.2. The van der Waals surface area contributed by atoms with Crippen LogP contribution in [-0.2, 0) is 24.2 Å². The summed E-state index contributed by atoms with van der Waals surface area (Å²) >= 11 is 3.09. The fourth-order valence-electron chi connectivity index (χ4n) is 4.61. The Morgan fingerprint density at radius 2 is 2.10 bits per heavy atom. The molecule has 2 heterocycles. The summed E-state index contributed by atoms with van der Waals surface area (Å²) in [6.07, 6.45) is 8.75. The molecule has 3 atom stereocenters. The minimum absolute atomic E-state index is 0.0554. The third kappa shape index (κ3) is 4.13. The van der Waals surface area contributed by atoms with E-state index in [9.17, 15) is 9.59 Å². The molecule has 0 aliphatic heterocycles. The Bertz CT molecular complexity index is 965. The molecule has 0 bridgehead atoms. The summed E-state index contributed by atoms with van der Waals surface area (Å²) in [5.74, 6) is 0.589. The number of hydrogen-bond acceptors (Lipinski definition) is 5. The van der Waals surface area contributed by atoms with Crippen LogP contribution in [0.15, 0.2) is 9.95 Å². The van der Waals surface area contributed by atoms with Crippen LogP contribution in [0.3, 0.4) is 0 Å². The lowest BCUT2D eigenvalue weighted by Gasteiger charge is -2.30. The molecule has 1 saturated carbocycles. The molecule has 3 unspecified atom stereocenters. The van der Waals surface area contributed by atoms with Crippen LogP contribution in [0.1, 0.15) is 69.7 Å². The number of amides is 1. The Labute approximate surface area is 180 Å². The second-order valence-corrected chi connectivity index (χ2v) is 10.9. The first kappa shape index (κ1) is 20.9. The molecule has 0 aromatic carbocycles. The van der Waals surface area contributed by atoms with Gasteiger partial charge in [0.25, 0.3) is 5.56 Å². The van der Waals surface area contributed by atoms with Gasteiger partial charge in [0.05, 0.1) is 10.6 Å². The standard InChI is InChI=1S/C22H31N3O2S2/c1-4-12-25-21(27)18-15-9-7-11-17(15)29-20(18)24-22(25)28-14(3)19(26)23-16-10-6-5-8-13(16)2/h13-14,16H,4-12H2,1-3H3,(H,23,26). The molecule has 2 aromatic heterocycles. The average Bonchev–Trinajstić information content (AvgIpc) is 3.27. The first-order valence-electron chi connectivity index (χ1n) is 11.0. The van der Waals surface area contributed by atoms with E-state index in [1.165, 1.54) is 41.5 Å². The van der Waals surface area contributed by atoms with Crippen LogP contribution in [0.25, 0.3) is 10.2 Å². The Morgan fingerprint density at radius 1 is 1.31 bits per heavy atom. The van der Waals surface area contributed by atoms with E-state index in [-0.39, 0.29) is 22.8 Å². The summed E-state index contributed by atoms with van der Waals surface area (Å²) < 4.78 is 1.80. The van der Waals surface area contributed by atoms with Gasteiger partial charge in [0.1, 0.15) is 4.83 Å². The van der Waals surface area contributed by atoms with E-state index in [0.29, 0.717) is 17.6 Å². The van der Waals surface area contributed by atoms with Gasteiger partial charge in [-0.05, 0) is 56.9 Å². The van der Waals surface area contributed by atoms with Gasteiger partial charge >= 0.3 is 0 Å². The number of hydrogen-bond donors (Lipinski definition) is 1. The highest BCUT2D eigenvalue weighted by atomic mass is 32.2. The van der Waals surface area contributed by atoms with Crippen LogP contribution in [0, 0.1) is 5.92 Å². The van der Waals surface area contributed by atoms with Crippen LogP contribution < -0.4 is 10.9 Å². The fraction of sp³-hybridized carbons (Fsp3) is 0.682. The van der Waals surface area contributed by atoms with Gasteiger partial charge in [0.15, 0.2) is 5.16 Å². The van der Waals surface area contributed by atoms with Crippen LogP contribution in [0.4, 0.5) is 0 Å². The van der Waals surface area contributed by atoms with Crippen molar-refractivity contribution < 1.29 is 4.79 Å². The fourth-order valence-corrected chi connectivity index (χ4v) is 6.86. The molecule has 0 spiro atoms. The van der Waals surface area contributed by atoms with Crippen LogP contribution in [-0.4, -0.2) is 26.8 Å². The van der Waals surface area contributed by atoms with E-state index in [2.05, 4.69) is 19.2 Å². The summed E-state index contributed by atoms with van der Waals surface area (Å²) in [7, 11) is 0. The SMILES string of the molecule is CCCn1c(SC(C)C(=O)NC2CCCCC2C)nc2sc3c(c2c1=O)CCC3. The number of fused-ring (bicyclic) bond motifs is 3. The van der Waals surface area contributed by atoms with Crippen molar-refractivity contribution in [3.8, 4) is 0 Å². The Kier molecular flexibility index (Phi) is 6.35. The summed E-state index contributed by atoms with van der Waals surface area (Å²) in [5, 5.41) is 4.49. The molecule has 0 radical (unpaired) electrons. The highest BCUT2D eigenvalue weighted by Gasteiger charge is 2.27. The van der Waals surface area contributed by atoms with Gasteiger partial charge in [-0.3, -0.25) is 14.2 Å². The van der Waals surface area contributed by atoms with Crippen molar-refractivity contribution >= 4 is 39.2 Å². The Morgan fingerprint density at radius 3 is 2.86 bits per heavy atom. The maximum Gasteiger partial charge on any atom is 0.263 e. The van der Waals surface area contributed by atoms with Gasteiger partial charge in [-0.2, -0.15) is 0 Å². The summed E-state index contributed by atoms with van der Waals surface area (Å²) in [6.45, 7) is 6.87. The number of carbonyl (C=O) groups is 1. The predicted molar refractivity (Wildman–Crippen MR) is 121 cm³/mol. The van der Waals surface area contributed by atoms with E-state index in [1.807, 2.05) is 6.92 Å². The average molecular weight is 434 g/mol. The molecular formula is C22H31N3O2S2. The number of aromatic nitrogens is 2. The molecule has 5 nitrogen and oxygen atoms in total. The molecule has 7 heteroatoms. The lowest BCUT2D eigenvalue weighted by atomic mass is 9.86. The quantitative estimate of drug-likeness (QED) is 0.537. The molecule has 2 aliphatic carbocycles. The lowest BCUT2D eigenvalue weighted by molar-refractivity contribution is -0.121. The number of nitrogens with zero attached hydrogens (tertiary/aromatic N) is 2. The van der Waals surface area contributed by atoms with E-state index in [0.717, 1.165) is 42.3 Å². The van der Waals surface area contributed by atoms with Crippen molar-refractivity contribution in [2.75, 3.05) is 0 Å². The van der Waals surface area contributed by atoms with Crippen molar-refractivity contribution in [2.45, 2.75) is 95.1 Å². The zero-order valence-corrected chi connectivity index (χ0v) is 19.3. The van der Waals surface area contributed by atoms with Gasteiger partial charge in [0, 0.05) is 17.5 Å². The predicted octanol–water partition coefficient (Wildman–Crippen LogP) is 4.53. The van der Waals surface area contributed by atoms with E-state index in [4.69, 9.17) is 4.98 Å². The first-order valence-corrected chi connectivity index (χ1v) is 12.7. The molecule has 29 heavy (non-hydrogen) atoms. The number of carbonyl (C=O) groups excluding carboxylic acids is 1. The largest absolute Gasteiger partial charge is 0.352 e. The molecule has 1 amide bonds. The van der Waals surface area contributed by atoms with Crippen molar-refractivity contribution in [2.24, 2.45) is 5.92 Å². The van der Waals surface area contributed by atoms with Gasteiger partial charge in [-0.1, -0.05) is 38.5 Å². The topological polar surface area (TPSA) is 64.0 Å². The maximum atomic E-state index is 13.3. The van der Waals surface area contributed by atoms with Crippen LogP contribution in [0.5, 0.6) is 0 Å². The second-order valence-electron chi connectivity index (χ2n) is 8.53. The number of thioether (sulfide) groups is 1. The van der Waals surface area contributed by atoms with Gasteiger partial charge in [-0.15, -0.1) is 11.3 Å². The minimum Gasteiger partial charge on any atom is -0.352 e. The highest BCUT2D eigenvalue weighted by molar-refractivity contribution is 8.00. The number of thiophene rings is 1. The monoisotopic (exact) mass is 433 g/mol. The second kappa shape index (κ2) is 8.80. The third-order valence-electron chi connectivity index (χ3n) is 6.33. The third-order valence-corrected chi connectivity index (χ3v) is 8.60. The van der Waals surface area contributed by atoms with Crippen LogP contribution in [0.2, 0.25) is 0 Å². The molecular weight excluding hydrogens is 402 g/mol. The zero-order chi connectivity index (χ0) is 20.5. The van der Waals surface area contributed by atoms with Crippen molar-refractivity contribution in [1.29, 1.82) is 0 Å². The van der Waals surface area contributed by atoms with E-state index in [1.54, 1.807) is 15.9 Å². The lowest BCUT2D eigenvalue weighted by Crippen LogP contribution is -2.44. The maximum absolute atomic E-state index is 13.3. The number of rotatable bonds is 6. The summed E-state index contributed by atoms with van der Waals surface area (Å²) in [6, 6.07) is 0.271. The Hall–Kier alpha value is -1.34. The Balaban J connectivity index is 1.58. The van der Waals surface area contributed by atoms with Crippen molar-refractivity contribution in [3.05, 3.63) is 20.8 Å². The highest BCUT2D eigenvalue weighted by Crippen LogP contribution is 2.36. The number of aryl methyl sites for hydroxylation is 2. The van der Waals surface area contributed by atoms with E-state index < -0.39 is 0 Å².